The number of carbonyl (C=O) groups excluding carboxylic acids is 1. The van der Waals surface area contributed by atoms with Crippen LogP contribution in [0.5, 0.6) is 0 Å². The van der Waals surface area contributed by atoms with Gasteiger partial charge >= 0.3 is 5.97 Å². The van der Waals surface area contributed by atoms with Gasteiger partial charge in [-0.05, 0) is 42.8 Å². The summed E-state index contributed by atoms with van der Waals surface area (Å²) in [4.78, 5) is 12.7. The Morgan fingerprint density at radius 2 is 1.75 bits per heavy atom. The van der Waals surface area contributed by atoms with Crippen molar-refractivity contribution in [2.24, 2.45) is 0 Å². The van der Waals surface area contributed by atoms with Crippen LogP contribution in [-0.2, 0) is 4.74 Å². The first-order valence-electron chi connectivity index (χ1n) is 8.93. The second-order valence-corrected chi connectivity index (χ2v) is 6.34. The Morgan fingerprint density at radius 1 is 1.04 bits per heavy atom. The highest BCUT2D eigenvalue weighted by molar-refractivity contribution is 6.10. The molecule has 0 amide bonds. The smallest absolute Gasteiger partial charge is 0.342 e. The van der Waals surface area contributed by atoms with E-state index in [-0.39, 0.29) is 12.4 Å². The monoisotopic (exact) mass is 375 g/mol. The fourth-order valence-electron chi connectivity index (χ4n) is 3.24. The minimum absolute atomic E-state index is 0.231. The summed E-state index contributed by atoms with van der Waals surface area (Å²) in [5, 5.41) is 0.603. The molecule has 1 heterocycles. The highest BCUT2D eigenvalue weighted by atomic mass is 19.1. The van der Waals surface area contributed by atoms with Gasteiger partial charge in [0.25, 0.3) is 0 Å². The number of fused-ring (bicyclic) bond motifs is 1. The fourth-order valence-corrected chi connectivity index (χ4v) is 3.24. The van der Waals surface area contributed by atoms with Gasteiger partial charge in [0, 0.05) is 28.3 Å². The molecule has 0 atom stereocenters. The molecule has 28 heavy (non-hydrogen) atoms. The van der Waals surface area contributed by atoms with E-state index in [1.165, 1.54) is 12.1 Å². The van der Waals surface area contributed by atoms with E-state index in [4.69, 9.17) is 14.9 Å². The van der Waals surface area contributed by atoms with Crippen LogP contribution in [0.25, 0.3) is 33.4 Å². The lowest BCUT2D eigenvalue weighted by Crippen LogP contribution is -2.05. The van der Waals surface area contributed by atoms with Gasteiger partial charge in [-0.25, -0.2) is 9.18 Å². The van der Waals surface area contributed by atoms with E-state index in [2.05, 4.69) is 0 Å². The molecule has 1 aromatic heterocycles. The molecule has 4 rings (SSSR count). The van der Waals surface area contributed by atoms with Gasteiger partial charge in [-0.3, -0.25) is 0 Å². The molecule has 140 valence electrons. The Labute approximate surface area is 161 Å². The molecule has 0 aliphatic heterocycles. The second kappa shape index (κ2) is 7.19. The Bertz CT molecular complexity index is 1150. The van der Waals surface area contributed by atoms with Gasteiger partial charge in [0.15, 0.2) is 0 Å². The number of rotatable bonds is 4. The van der Waals surface area contributed by atoms with Crippen molar-refractivity contribution in [2.75, 3.05) is 12.3 Å². The van der Waals surface area contributed by atoms with E-state index in [1.54, 1.807) is 25.1 Å². The van der Waals surface area contributed by atoms with Crippen molar-refractivity contribution in [3.63, 3.8) is 0 Å². The zero-order chi connectivity index (χ0) is 19.7. The predicted octanol–water partition coefficient (Wildman–Crippen LogP) is 5.66. The molecule has 0 aliphatic rings. The molecule has 0 bridgehead atoms. The lowest BCUT2D eigenvalue weighted by Gasteiger charge is -2.07. The summed E-state index contributed by atoms with van der Waals surface area (Å²) in [6.07, 6.45) is 0. The summed E-state index contributed by atoms with van der Waals surface area (Å²) in [6, 6.07) is 19.0. The first-order valence-corrected chi connectivity index (χ1v) is 8.93. The van der Waals surface area contributed by atoms with Gasteiger partial charge in [0.05, 0.1) is 6.61 Å². The molecule has 3 aromatic carbocycles. The minimum atomic E-state index is -0.496. The van der Waals surface area contributed by atoms with Gasteiger partial charge in [-0.15, -0.1) is 0 Å². The summed E-state index contributed by atoms with van der Waals surface area (Å²) in [5.74, 6) is -0.532. The molecule has 0 saturated carbocycles. The quantitative estimate of drug-likeness (QED) is 0.369. The number of anilines is 1. The maximum absolute atomic E-state index is 13.3. The number of halogens is 1. The molecule has 0 saturated heterocycles. The second-order valence-electron chi connectivity index (χ2n) is 6.34. The van der Waals surface area contributed by atoms with Crippen molar-refractivity contribution in [1.29, 1.82) is 0 Å². The van der Waals surface area contributed by atoms with E-state index in [0.717, 1.165) is 11.1 Å². The Hall–Kier alpha value is -3.60. The maximum Gasteiger partial charge on any atom is 0.342 e. The van der Waals surface area contributed by atoms with Crippen molar-refractivity contribution in [1.82, 2.24) is 0 Å². The summed E-state index contributed by atoms with van der Waals surface area (Å²) in [7, 11) is 0. The minimum Gasteiger partial charge on any atom is -0.462 e. The SMILES string of the molecule is CCOC(=O)c1c(-c2ccc(F)cc2)oc2cc(N)c(-c3ccccc3)cc12. The van der Waals surface area contributed by atoms with Crippen LogP contribution in [0.1, 0.15) is 17.3 Å². The molecule has 0 radical (unpaired) electrons. The van der Waals surface area contributed by atoms with Gasteiger partial charge in [0.2, 0.25) is 0 Å². The molecule has 0 aliphatic carbocycles. The first-order chi connectivity index (χ1) is 13.6. The third-order valence-electron chi connectivity index (χ3n) is 4.53. The van der Waals surface area contributed by atoms with Crippen LogP contribution in [0, 0.1) is 5.82 Å². The van der Waals surface area contributed by atoms with E-state index < -0.39 is 5.97 Å². The molecule has 5 heteroatoms. The van der Waals surface area contributed by atoms with Crippen LogP contribution in [0.4, 0.5) is 10.1 Å². The standard InChI is InChI=1S/C23H18FNO3/c1-2-27-23(26)21-18-12-17(14-6-4-3-5-7-14)19(25)13-20(18)28-22(21)15-8-10-16(24)11-9-15/h3-13H,2,25H2,1H3. The van der Waals surface area contributed by atoms with E-state index in [1.807, 2.05) is 36.4 Å². The van der Waals surface area contributed by atoms with Crippen molar-refractivity contribution < 1.29 is 18.3 Å². The highest BCUT2D eigenvalue weighted by Gasteiger charge is 2.24. The van der Waals surface area contributed by atoms with Crippen LogP contribution in [0.2, 0.25) is 0 Å². The van der Waals surface area contributed by atoms with Crippen LogP contribution < -0.4 is 5.73 Å². The van der Waals surface area contributed by atoms with Crippen molar-refractivity contribution in [3.8, 4) is 22.5 Å². The average molecular weight is 375 g/mol. The van der Waals surface area contributed by atoms with Crippen LogP contribution in [-0.4, -0.2) is 12.6 Å². The molecular formula is C23H18FNO3. The first kappa shape index (κ1) is 17.8. The van der Waals surface area contributed by atoms with E-state index >= 15 is 0 Å². The molecule has 4 aromatic rings. The number of furan rings is 1. The van der Waals surface area contributed by atoms with E-state index in [0.29, 0.717) is 33.5 Å². The molecular weight excluding hydrogens is 357 g/mol. The summed E-state index contributed by atoms with van der Waals surface area (Å²) < 4.78 is 24.6. The maximum atomic E-state index is 13.3. The molecule has 4 nitrogen and oxygen atoms in total. The number of benzene rings is 3. The lowest BCUT2D eigenvalue weighted by atomic mass is 9.99. The van der Waals surface area contributed by atoms with Crippen molar-refractivity contribution in [3.05, 3.63) is 78.1 Å². The summed E-state index contributed by atoms with van der Waals surface area (Å²) in [5.41, 5.74) is 9.87. The molecule has 2 N–H and O–H groups in total. The molecule has 0 fully saturated rings. The van der Waals surface area contributed by atoms with Crippen LogP contribution in [0.3, 0.4) is 0 Å². The van der Waals surface area contributed by atoms with E-state index in [9.17, 15) is 9.18 Å². The summed E-state index contributed by atoms with van der Waals surface area (Å²) in [6.45, 7) is 1.97. The van der Waals surface area contributed by atoms with Gasteiger partial charge in [0.1, 0.15) is 22.7 Å². The third-order valence-corrected chi connectivity index (χ3v) is 4.53. The number of hydrogen-bond acceptors (Lipinski definition) is 4. The fraction of sp³-hybridized carbons (Fsp3) is 0.0870. The number of esters is 1. The average Bonchev–Trinajstić information content (AvgIpc) is 3.07. The van der Waals surface area contributed by atoms with Crippen molar-refractivity contribution in [2.45, 2.75) is 6.92 Å². The van der Waals surface area contributed by atoms with Gasteiger partial charge < -0.3 is 14.9 Å². The molecule has 0 spiro atoms. The Balaban J connectivity index is 1.98. The Kier molecular flexibility index (Phi) is 4.57. The number of carbonyl (C=O) groups is 1. The Morgan fingerprint density at radius 3 is 2.43 bits per heavy atom. The highest BCUT2D eigenvalue weighted by Crippen LogP contribution is 2.39. The number of nitrogens with two attached hydrogens (primary N) is 1. The van der Waals surface area contributed by atoms with Gasteiger partial charge in [-0.1, -0.05) is 30.3 Å². The number of hydrogen-bond donors (Lipinski definition) is 1. The predicted molar refractivity (Wildman–Crippen MR) is 107 cm³/mol. The van der Waals surface area contributed by atoms with Gasteiger partial charge in [-0.2, -0.15) is 0 Å². The molecule has 0 unspecified atom stereocenters. The zero-order valence-corrected chi connectivity index (χ0v) is 15.2. The zero-order valence-electron chi connectivity index (χ0n) is 15.2. The number of nitrogen functional groups attached to an aromatic ring is 1. The van der Waals surface area contributed by atoms with Crippen LogP contribution in [0.15, 0.2) is 71.1 Å². The largest absolute Gasteiger partial charge is 0.462 e. The third kappa shape index (κ3) is 3.11. The lowest BCUT2D eigenvalue weighted by molar-refractivity contribution is 0.0529. The summed E-state index contributed by atoms with van der Waals surface area (Å²) >= 11 is 0. The van der Waals surface area contributed by atoms with Crippen LogP contribution >= 0.6 is 0 Å². The van der Waals surface area contributed by atoms with Crippen molar-refractivity contribution >= 4 is 22.6 Å². The number of ether oxygens (including phenoxy) is 1. The normalized spacial score (nSPS) is 10.9. The topological polar surface area (TPSA) is 65.5 Å².